The van der Waals surface area contributed by atoms with Gasteiger partial charge in [0.1, 0.15) is 5.52 Å². The van der Waals surface area contributed by atoms with E-state index in [4.69, 9.17) is 8.94 Å². The standard InChI is InChI=1S/C18H22N4O2/c1-13-19-18(24-21-13)14-6-4-10-22(12-14)11-5-9-17-20-15-7-2-3-8-16(15)23-17/h2-3,7-8,14H,4-6,9-12H2,1H3. The summed E-state index contributed by atoms with van der Waals surface area (Å²) in [7, 11) is 0. The molecule has 0 N–H and O–H groups in total. The molecule has 0 bridgehead atoms. The van der Waals surface area contributed by atoms with E-state index in [2.05, 4.69) is 20.0 Å². The maximum Gasteiger partial charge on any atom is 0.231 e. The summed E-state index contributed by atoms with van der Waals surface area (Å²) in [5.41, 5.74) is 1.81. The molecule has 3 heterocycles. The molecule has 1 aliphatic heterocycles. The third-order valence-electron chi connectivity index (χ3n) is 4.60. The van der Waals surface area contributed by atoms with Crippen LogP contribution in [0, 0.1) is 6.92 Å². The first kappa shape index (κ1) is 15.3. The molecular formula is C18H22N4O2. The van der Waals surface area contributed by atoms with Gasteiger partial charge in [-0.3, -0.25) is 0 Å². The van der Waals surface area contributed by atoms with Crippen molar-refractivity contribution >= 4 is 11.1 Å². The zero-order valence-electron chi connectivity index (χ0n) is 13.9. The third kappa shape index (κ3) is 3.33. The lowest BCUT2D eigenvalue weighted by Gasteiger charge is -2.30. The van der Waals surface area contributed by atoms with Crippen molar-refractivity contribution in [1.29, 1.82) is 0 Å². The maximum atomic E-state index is 5.79. The van der Waals surface area contributed by atoms with Crippen LogP contribution in [0.1, 0.15) is 42.8 Å². The Morgan fingerprint density at radius 1 is 1.25 bits per heavy atom. The monoisotopic (exact) mass is 326 g/mol. The Bertz CT molecular complexity index is 777. The summed E-state index contributed by atoms with van der Waals surface area (Å²) in [5, 5.41) is 3.91. The second kappa shape index (κ2) is 6.73. The van der Waals surface area contributed by atoms with Crippen molar-refractivity contribution in [2.75, 3.05) is 19.6 Å². The van der Waals surface area contributed by atoms with Gasteiger partial charge in [-0.2, -0.15) is 4.98 Å². The molecular weight excluding hydrogens is 304 g/mol. The van der Waals surface area contributed by atoms with Crippen LogP contribution in [-0.4, -0.2) is 39.7 Å². The molecule has 0 saturated carbocycles. The number of likely N-dealkylation sites (tertiary alicyclic amines) is 1. The van der Waals surface area contributed by atoms with E-state index in [0.29, 0.717) is 5.92 Å². The zero-order chi connectivity index (χ0) is 16.4. The Morgan fingerprint density at radius 3 is 3.00 bits per heavy atom. The number of hydrogen-bond acceptors (Lipinski definition) is 6. The van der Waals surface area contributed by atoms with Crippen LogP contribution in [-0.2, 0) is 6.42 Å². The zero-order valence-corrected chi connectivity index (χ0v) is 13.9. The molecule has 0 radical (unpaired) electrons. The van der Waals surface area contributed by atoms with E-state index >= 15 is 0 Å². The van der Waals surface area contributed by atoms with Gasteiger partial charge in [-0.1, -0.05) is 17.3 Å². The van der Waals surface area contributed by atoms with Gasteiger partial charge in [0.05, 0.1) is 5.92 Å². The minimum atomic E-state index is 0.365. The van der Waals surface area contributed by atoms with Crippen LogP contribution in [0.5, 0.6) is 0 Å². The molecule has 1 saturated heterocycles. The topological polar surface area (TPSA) is 68.2 Å². The summed E-state index contributed by atoms with van der Waals surface area (Å²) in [6, 6.07) is 7.92. The van der Waals surface area contributed by atoms with Gasteiger partial charge in [-0.05, 0) is 51.4 Å². The molecule has 0 amide bonds. The van der Waals surface area contributed by atoms with Gasteiger partial charge in [0, 0.05) is 13.0 Å². The van der Waals surface area contributed by atoms with Gasteiger partial charge in [0.2, 0.25) is 5.89 Å². The van der Waals surface area contributed by atoms with E-state index in [9.17, 15) is 0 Å². The van der Waals surface area contributed by atoms with E-state index in [1.54, 1.807) is 0 Å². The quantitative estimate of drug-likeness (QED) is 0.716. The van der Waals surface area contributed by atoms with Crippen molar-refractivity contribution in [3.63, 3.8) is 0 Å². The fraction of sp³-hybridized carbons (Fsp3) is 0.500. The summed E-state index contributed by atoms with van der Waals surface area (Å²) in [6.45, 7) is 5.04. The van der Waals surface area contributed by atoms with Crippen LogP contribution >= 0.6 is 0 Å². The van der Waals surface area contributed by atoms with Crippen LogP contribution in [0.3, 0.4) is 0 Å². The Kier molecular flexibility index (Phi) is 4.30. The smallest absolute Gasteiger partial charge is 0.231 e. The van der Waals surface area contributed by atoms with Gasteiger partial charge in [-0.25, -0.2) is 4.98 Å². The number of aromatic nitrogens is 3. The van der Waals surface area contributed by atoms with E-state index in [1.165, 1.54) is 6.42 Å². The van der Waals surface area contributed by atoms with Crippen LogP contribution in [0.15, 0.2) is 33.2 Å². The molecule has 1 aromatic carbocycles. The number of piperidine rings is 1. The Balaban J connectivity index is 1.30. The Hall–Kier alpha value is -2.21. The summed E-state index contributed by atoms with van der Waals surface area (Å²) >= 11 is 0. The van der Waals surface area contributed by atoms with Gasteiger partial charge in [0.25, 0.3) is 0 Å². The molecule has 1 atom stereocenters. The molecule has 0 spiro atoms. The second-order valence-corrected chi connectivity index (χ2v) is 6.50. The van der Waals surface area contributed by atoms with E-state index < -0.39 is 0 Å². The number of benzene rings is 1. The van der Waals surface area contributed by atoms with Gasteiger partial charge in [0.15, 0.2) is 17.3 Å². The predicted octanol–water partition coefficient (Wildman–Crippen LogP) is 3.33. The van der Waals surface area contributed by atoms with Crippen molar-refractivity contribution in [2.45, 2.75) is 38.5 Å². The van der Waals surface area contributed by atoms with Crippen molar-refractivity contribution in [3.8, 4) is 0 Å². The Morgan fingerprint density at radius 2 is 2.17 bits per heavy atom. The molecule has 126 valence electrons. The molecule has 4 rings (SSSR count). The van der Waals surface area contributed by atoms with Crippen LogP contribution < -0.4 is 0 Å². The maximum absolute atomic E-state index is 5.79. The van der Waals surface area contributed by atoms with Crippen LogP contribution in [0.4, 0.5) is 0 Å². The molecule has 0 aliphatic carbocycles. The molecule has 24 heavy (non-hydrogen) atoms. The molecule has 1 aliphatic rings. The number of rotatable bonds is 5. The molecule has 6 heteroatoms. The van der Waals surface area contributed by atoms with Crippen molar-refractivity contribution in [3.05, 3.63) is 41.9 Å². The fourth-order valence-electron chi connectivity index (χ4n) is 3.42. The average molecular weight is 326 g/mol. The molecule has 6 nitrogen and oxygen atoms in total. The molecule has 1 fully saturated rings. The summed E-state index contributed by atoms with van der Waals surface area (Å²) in [4.78, 5) is 11.4. The first-order chi connectivity index (χ1) is 11.8. The van der Waals surface area contributed by atoms with Gasteiger partial charge < -0.3 is 13.8 Å². The van der Waals surface area contributed by atoms with Crippen molar-refractivity contribution < 1.29 is 8.94 Å². The van der Waals surface area contributed by atoms with Gasteiger partial charge in [-0.15, -0.1) is 0 Å². The SMILES string of the molecule is Cc1noc(C2CCCN(CCCc3nc4ccccc4o3)C2)n1. The lowest BCUT2D eigenvalue weighted by molar-refractivity contribution is 0.184. The minimum Gasteiger partial charge on any atom is -0.441 e. The summed E-state index contributed by atoms with van der Waals surface area (Å²) in [5.74, 6) is 2.70. The van der Waals surface area contributed by atoms with Crippen molar-refractivity contribution in [2.24, 2.45) is 0 Å². The Labute approximate surface area is 140 Å². The number of oxazole rings is 1. The minimum absolute atomic E-state index is 0.365. The predicted molar refractivity (Wildman–Crippen MR) is 89.8 cm³/mol. The lowest BCUT2D eigenvalue weighted by atomic mass is 9.98. The van der Waals surface area contributed by atoms with E-state index in [0.717, 1.165) is 67.6 Å². The average Bonchev–Trinajstić information content (AvgIpc) is 3.21. The summed E-state index contributed by atoms with van der Waals surface area (Å²) in [6.07, 6.45) is 4.22. The molecule has 1 unspecified atom stereocenters. The number of hydrogen-bond donors (Lipinski definition) is 0. The largest absolute Gasteiger partial charge is 0.441 e. The lowest BCUT2D eigenvalue weighted by Crippen LogP contribution is -2.35. The number of aryl methyl sites for hydroxylation is 2. The first-order valence-electron chi connectivity index (χ1n) is 8.65. The molecule has 2 aromatic heterocycles. The van der Waals surface area contributed by atoms with Crippen LogP contribution in [0.25, 0.3) is 11.1 Å². The van der Waals surface area contributed by atoms with Crippen LogP contribution in [0.2, 0.25) is 0 Å². The highest BCUT2D eigenvalue weighted by Gasteiger charge is 2.25. The highest BCUT2D eigenvalue weighted by atomic mass is 16.5. The van der Waals surface area contributed by atoms with Crippen molar-refractivity contribution in [1.82, 2.24) is 20.0 Å². The third-order valence-corrected chi connectivity index (χ3v) is 4.60. The summed E-state index contributed by atoms with van der Waals surface area (Å²) < 4.78 is 11.1. The first-order valence-corrected chi connectivity index (χ1v) is 8.65. The number of para-hydroxylation sites is 2. The second-order valence-electron chi connectivity index (χ2n) is 6.50. The van der Waals surface area contributed by atoms with Gasteiger partial charge >= 0.3 is 0 Å². The normalized spacial score (nSPS) is 19.1. The fourth-order valence-corrected chi connectivity index (χ4v) is 3.42. The molecule has 3 aromatic rings. The highest BCUT2D eigenvalue weighted by Crippen LogP contribution is 2.26. The number of fused-ring (bicyclic) bond motifs is 1. The highest BCUT2D eigenvalue weighted by molar-refractivity contribution is 5.72. The van der Waals surface area contributed by atoms with E-state index in [1.807, 2.05) is 31.2 Å². The van der Waals surface area contributed by atoms with E-state index in [-0.39, 0.29) is 0 Å². The number of nitrogens with zero attached hydrogens (tertiary/aromatic N) is 4.